The second-order valence-corrected chi connectivity index (χ2v) is 2.71. The number of ether oxygens (including phenoxy) is 3. The van der Waals surface area contributed by atoms with Crippen molar-refractivity contribution >= 4 is 12.1 Å². The van der Waals surface area contributed by atoms with Gasteiger partial charge in [0.2, 0.25) is 6.29 Å². The molecule has 0 aliphatic carbocycles. The topological polar surface area (TPSA) is 73.9 Å². The second kappa shape index (κ2) is 12.8. The molecule has 1 atom stereocenters. The summed E-state index contributed by atoms with van der Waals surface area (Å²) in [4.78, 5) is 21.9. The summed E-state index contributed by atoms with van der Waals surface area (Å²) in [5.74, 6) is -0.429. The maximum absolute atomic E-state index is 11.1. The maximum atomic E-state index is 11.1. The van der Waals surface area contributed by atoms with Gasteiger partial charge in [-0.25, -0.2) is 4.79 Å². The van der Waals surface area contributed by atoms with Gasteiger partial charge in [0.1, 0.15) is 0 Å². The van der Waals surface area contributed by atoms with Gasteiger partial charge in [0.05, 0.1) is 13.0 Å². The Hall–Kier alpha value is -1.30. The first-order valence-corrected chi connectivity index (χ1v) is 5.77. The van der Waals surface area contributed by atoms with Gasteiger partial charge in [-0.3, -0.25) is 4.79 Å². The highest BCUT2D eigenvalue weighted by molar-refractivity contribution is 5.70. The molecule has 0 aromatic rings. The molecule has 0 amide bonds. The lowest BCUT2D eigenvalue weighted by Crippen LogP contribution is -2.24. The summed E-state index contributed by atoms with van der Waals surface area (Å²) in [6.45, 7) is 7.85. The van der Waals surface area contributed by atoms with Gasteiger partial charge < -0.3 is 19.5 Å². The standard InChI is InChI=1S/C9H17NO5.C2H6/c1-4-13-9(12)15-7(2)14-8(11)5-6-10-3;1-2/h7,10H,4-6H2,1-3H3;1-2H3. The van der Waals surface area contributed by atoms with Crippen molar-refractivity contribution in [3.05, 3.63) is 0 Å². The Kier molecular flexibility index (Phi) is 13.6. The Morgan fingerprint density at radius 2 is 1.82 bits per heavy atom. The van der Waals surface area contributed by atoms with Gasteiger partial charge in [0.15, 0.2) is 0 Å². The molecule has 6 heteroatoms. The molecular formula is C11H23NO5. The van der Waals surface area contributed by atoms with Gasteiger partial charge in [0.25, 0.3) is 0 Å². The number of esters is 1. The quantitative estimate of drug-likeness (QED) is 0.570. The minimum absolute atomic E-state index is 0.221. The van der Waals surface area contributed by atoms with Crippen molar-refractivity contribution in [1.82, 2.24) is 5.32 Å². The largest absolute Gasteiger partial charge is 0.511 e. The first kappa shape index (κ1) is 18.1. The van der Waals surface area contributed by atoms with E-state index in [1.807, 2.05) is 13.8 Å². The van der Waals surface area contributed by atoms with Crippen LogP contribution in [-0.4, -0.2) is 38.6 Å². The van der Waals surface area contributed by atoms with E-state index in [-0.39, 0.29) is 13.0 Å². The van der Waals surface area contributed by atoms with Crippen LogP contribution in [0, 0.1) is 0 Å². The van der Waals surface area contributed by atoms with Crippen LogP contribution >= 0.6 is 0 Å². The van der Waals surface area contributed by atoms with Crippen LogP contribution in [0.25, 0.3) is 0 Å². The Bertz CT molecular complexity index is 208. The molecule has 0 rings (SSSR count). The Morgan fingerprint density at radius 1 is 1.24 bits per heavy atom. The Labute approximate surface area is 103 Å². The van der Waals surface area contributed by atoms with Crippen LogP contribution in [0.1, 0.15) is 34.1 Å². The molecule has 0 saturated heterocycles. The number of carbonyl (C=O) groups is 2. The summed E-state index contributed by atoms with van der Waals surface area (Å²) in [6, 6.07) is 0. The van der Waals surface area contributed by atoms with Crippen molar-refractivity contribution < 1.29 is 23.8 Å². The third-order valence-electron chi connectivity index (χ3n) is 1.40. The minimum Gasteiger partial charge on any atom is -0.435 e. The van der Waals surface area contributed by atoms with E-state index in [4.69, 9.17) is 4.74 Å². The van der Waals surface area contributed by atoms with Gasteiger partial charge in [-0.15, -0.1) is 0 Å². The first-order valence-electron chi connectivity index (χ1n) is 5.77. The predicted molar refractivity (Wildman–Crippen MR) is 63.6 cm³/mol. The second-order valence-electron chi connectivity index (χ2n) is 2.71. The van der Waals surface area contributed by atoms with Crippen LogP contribution in [0.3, 0.4) is 0 Å². The van der Waals surface area contributed by atoms with Crippen LogP contribution in [0.4, 0.5) is 4.79 Å². The summed E-state index contributed by atoms with van der Waals surface area (Å²) >= 11 is 0. The van der Waals surface area contributed by atoms with Gasteiger partial charge in [-0.1, -0.05) is 13.8 Å². The molecule has 1 N–H and O–H groups in total. The van der Waals surface area contributed by atoms with Crippen LogP contribution in [0.5, 0.6) is 0 Å². The number of nitrogens with one attached hydrogen (secondary N) is 1. The molecule has 0 heterocycles. The molecule has 0 aliphatic heterocycles. The van der Waals surface area contributed by atoms with Gasteiger partial charge in [0, 0.05) is 13.5 Å². The number of hydrogen-bond donors (Lipinski definition) is 1. The summed E-state index contributed by atoms with van der Waals surface area (Å²) in [7, 11) is 1.73. The summed E-state index contributed by atoms with van der Waals surface area (Å²) < 4.78 is 13.9. The first-order chi connectivity index (χ1) is 8.10. The summed E-state index contributed by atoms with van der Waals surface area (Å²) in [5.41, 5.74) is 0. The van der Waals surface area contributed by atoms with E-state index < -0.39 is 18.4 Å². The molecule has 0 bridgehead atoms. The molecule has 0 spiro atoms. The molecule has 0 saturated carbocycles. The lowest BCUT2D eigenvalue weighted by atomic mass is 10.4. The number of rotatable bonds is 6. The zero-order valence-electron chi connectivity index (χ0n) is 11.2. The van der Waals surface area contributed by atoms with Crippen LogP contribution in [-0.2, 0) is 19.0 Å². The zero-order chi connectivity index (χ0) is 13.7. The number of hydrogen-bond acceptors (Lipinski definition) is 6. The van der Waals surface area contributed by atoms with E-state index in [1.165, 1.54) is 6.92 Å². The van der Waals surface area contributed by atoms with Crippen molar-refractivity contribution in [2.75, 3.05) is 20.2 Å². The van der Waals surface area contributed by atoms with Crippen molar-refractivity contribution in [1.29, 1.82) is 0 Å². The van der Waals surface area contributed by atoms with Crippen molar-refractivity contribution in [2.45, 2.75) is 40.4 Å². The molecular weight excluding hydrogens is 226 g/mol. The van der Waals surface area contributed by atoms with Crippen LogP contribution in [0.15, 0.2) is 0 Å². The predicted octanol–water partition coefficient (Wildman–Crippen LogP) is 1.68. The average Bonchev–Trinajstić information content (AvgIpc) is 2.29. The van der Waals surface area contributed by atoms with Gasteiger partial charge >= 0.3 is 12.1 Å². The molecule has 0 aliphatic rings. The third kappa shape index (κ3) is 12.6. The highest BCUT2D eigenvalue weighted by atomic mass is 16.8. The Morgan fingerprint density at radius 3 is 2.29 bits per heavy atom. The van der Waals surface area contributed by atoms with Crippen molar-refractivity contribution in [2.24, 2.45) is 0 Å². The zero-order valence-corrected chi connectivity index (χ0v) is 11.2. The van der Waals surface area contributed by atoms with E-state index in [2.05, 4.69) is 14.8 Å². The molecule has 0 fully saturated rings. The average molecular weight is 249 g/mol. The fraction of sp³-hybridized carbons (Fsp3) is 0.818. The van der Waals surface area contributed by atoms with Gasteiger partial charge in [-0.2, -0.15) is 0 Å². The lowest BCUT2D eigenvalue weighted by Gasteiger charge is -2.13. The van der Waals surface area contributed by atoms with E-state index in [9.17, 15) is 9.59 Å². The summed E-state index contributed by atoms with van der Waals surface area (Å²) in [5, 5.41) is 2.80. The van der Waals surface area contributed by atoms with Crippen LogP contribution in [0.2, 0.25) is 0 Å². The normalized spacial score (nSPS) is 10.6. The van der Waals surface area contributed by atoms with Crippen molar-refractivity contribution in [3.63, 3.8) is 0 Å². The van der Waals surface area contributed by atoms with Crippen molar-refractivity contribution in [3.8, 4) is 0 Å². The highest BCUT2D eigenvalue weighted by Crippen LogP contribution is 1.98. The maximum Gasteiger partial charge on any atom is 0.511 e. The molecule has 0 aromatic carbocycles. The van der Waals surface area contributed by atoms with Crippen LogP contribution < -0.4 is 5.32 Å². The SMILES string of the molecule is CC.CCOC(=O)OC(C)OC(=O)CCNC. The smallest absolute Gasteiger partial charge is 0.435 e. The van der Waals surface area contributed by atoms with E-state index in [0.29, 0.717) is 6.54 Å². The van der Waals surface area contributed by atoms with E-state index in [0.717, 1.165) is 0 Å². The van der Waals surface area contributed by atoms with E-state index in [1.54, 1.807) is 14.0 Å². The summed E-state index contributed by atoms with van der Waals surface area (Å²) in [6.07, 6.45) is -1.53. The molecule has 17 heavy (non-hydrogen) atoms. The molecule has 102 valence electrons. The van der Waals surface area contributed by atoms with Gasteiger partial charge in [-0.05, 0) is 14.0 Å². The molecule has 0 radical (unpaired) electrons. The number of carbonyl (C=O) groups excluding carboxylic acids is 2. The molecule has 6 nitrogen and oxygen atoms in total. The molecule has 1 unspecified atom stereocenters. The minimum atomic E-state index is -0.923. The lowest BCUT2D eigenvalue weighted by molar-refractivity contribution is -0.167. The highest BCUT2D eigenvalue weighted by Gasteiger charge is 2.13. The Balaban J connectivity index is 0. The molecule has 0 aromatic heterocycles. The van der Waals surface area contributed by atoms with E-state index >= 15 is 0 Å². The fourth-order valence-corrected chi connectivity index (χ4v) is 0.783. The monoisotopic (exact) mass is 249 g/mol. The third-order valence-corrected chi connectivity index (χ3v) is 1.40. The fourth-order valence-electron chi connectivity index (χ4n) is 0.783.